The zero-order valence-corrected chi connectivity index (χ0v) is 22.2. The Morgan fingerprint density at radius 3 is 1.68 bits per heavy atom. The quantitative estimate of drug-likeness (QED) is 0.230. The molecule has 0 radical (unpaired) electrons. The van der Waals surface area contributed by atoms with E-state index in [0.717, 1.165) is 50.0 Å². The second-order valence-electron chi connectivity index (χ2n) is 10.2. The third-order valence-corrected chi connectivity index (χ3v) is 7.69. The molecular formula is C38H24N2O. The van der Waals surface area contributed by atoms with Crippen LogP contribution in [0.25, 0.3) is 77.7 Å². The van der Waals surface area contributed by atoms with Gasteiger partial charge in [0.25, 0.3) is 0 Å². The third kappa shape index (κ3) is 4.07. The summed E-state index contributed by atoms with van der Waals surface area (Å²) in [6.07, 6.45) is 0. The summed E-state index contributed by atoms with van der Waals surface area (Å²) in [7, 11) is 0. The Labute approximate surface area is 237 Å². The van der Waals surface area contributed by atoms with Crippen molar-refractivity contribution in [2.24, 2.45) is 0 Å². The minimum atomic E-state index is 0.706. The van der Waals surface area contributed by atoms with E-state index < -0.39 is 0 Å². The highest BCUT2D eigenvalue weighted by Gasteiger charge is 2.17. The Bertz CT molecular complexity index is 2130. The zero-order valence-electron chi connectivity index (χ0n) is 22.2. The molecule has 0 aliphatic rings. The van der Waals surface area contributed by atoms with E-state index in [2.05, 4.69) is 103 Å². The average Bonchev–Trinajstić information content (AvgIpc) is 3.43. The SMILES string of the molecule is c1ccc(-c2cc(-c3ccc4oc5cc(-c6ccccc6)c6ccccc6c5c4c3)nc(-c3ccccc3)n2)cc1. The Morgan fingerprint density at radius 1 is 0.390 bits per heavy atom. The van der Waals surface area contributed by atoms with Gasteiger partial charge in [-0.3, -0.25) is 0 Å². The normalized spacial score (nSPS) is 11.4. The van der Waals surface area contributed by atoms with Crippen molar-refractivity contribution in [2.45, 2.75) is 0 Å². The van der Waals surface area contributed by atoms with E-state index in [9.17, 15) is 0 Å². The van der Waals surface area contributed by atoms with Gasteiger partial charge in [0.1, 0.15) is 11.2 Å². The minimum Gasteiger partial charge on any atom is -0.456 e. The molecule has 8 aromatic rings. The summed E-state index contributed by atoms with van der Waals surface area (Å²) in [5.41, 5.74) is 8.92. The number of rotatable bonds is 4. The van der Waals surface area contributed by atoms with Gasteiger partial charge in [0.05, 0.1) is 11.4 Å². The molecule has 0 bridgehead atoms. The van der Waals surface area contributed by atoms with Gasteiger partial charge < -0.3 is 4.42 Å². The molecule has 0 amide bonds. The monoisotopic (exact) mass is 524 g/mol. The number of aromatic nitrogens is 2. The number of hydrogen-bond acceptors (Lipinski definition) is 3. The number of hydrogen-bond donors (Lipinski definition) is 0. The molecule has 6 aromatic carbocycles. The van der Waals surface area contributed by atoms with Gasteiger partial charge in [-0.05, 0) is 52.2 Å². The van der Waals surface area contributed by atoms with Crippen LogP contribution in [0.4, 0.5) is 0 Å². The lowest BCUT2D eigenvalue weighted by molar-refractivity contribution is 0.669. The van der Waals surface area contributed by atoms with Crippen molar-refractivity contribution in [1.29, 1.82) is 0 Å². The maximum Gasteiger partial charge on any atom is 0.160 e. The van der Waals surface area contributed by atoms with Crippen LogP contribution in [0.15, 0.2) is 150 Å². The molecule has 0 saturated carbocycles. The van der Waals surface area contributed by atoms with E-state index in [1.807, 2.05) is 42.5 Å². The van der Waals surface area contributed by atoms with Crippen LogP contribution in [0.2, 0.25) is 0 Å². The van der Waals surface area contributed by atoms with Crippen LogP contribution in [0.5, 0.6) is 0 Å². The summed E-state index contributed by atoms with van der Waals surface area (Å²) in [6, 6.07) is 50.2. The Hall–Kier alpha value is -5.54. The first-order valence-electron chi connectivity index (χ1n) is 13.8. The number of nitrogens with zero attached hydrogens (tertiary/aromatic N) is 2. The Kier molecular flexibility index (Phi) is 5.46. The Morgan fingerprint density at radius 2 is 0.976 bits per heavy atom. The predicted molar refractivity (Wildman–Crippen MR) is 169 cm³/mol. The summed E-state index contributed by atoms with van der Waals surface area (Å²) in [4.78, 5) is 10.00. The molecule has 3 nitrogen and oxygen atoms in total. The van der Waals surface area contributed by atoms with Crippen LogP contribution in [0.1, 0.15) is 0 Å². The van der Waals surface area contributed by atoms with Crippen LogP contribution >= 0.6 is 0 Å². The highest BCUT2D eigenvalue weighted by Crippen LogP contribution is 2.41. The van der Waals surface area contributed by atoms with Crippen LogP contribution in [0, 0.1) is 0 Å². The average molecular weight is 525 g/mol. The molecule has 0 N–H and O–H groups in total. The number of fused-ring (bicyclic) bond motifs is 5. The maximum atomic E-state index is 6.47. The van der Waals surface area contributed by atoms with Crippen molar-refractivity contribution in [3.8, 4) is 45.0 Å². The van der Waals surface area contributed by atoms with E-state index in [4.69, 9.17) is 14.4 Å². The molecule has 0 fully saturated rings. The van der Waals surface area contributed by atoms with Crippen molar-refractivity contribution in [2.75, 3.05) is 0 Å². The van der Waals surface area contributed by atoms with E-state index in [-0.39, 0.29) is 0 Å². The van der Waals surface area contributed by atoms with Crippen LogP contribution < -0.4 is 0 Å². The molecule has 0 unspecified atom stereocenters. The molecule has 0 saturated heterocycles. The summed E-state index contributed by atoms with van der Waals surface area (Å²) in [5, 5.41) is 4.59. The van der Waals surface area contributed by atoms with Gasteiger partial charge in [0.15, 0.2) is 5.82 Å². The van der Waals surface area contributed by atoms with Crippen molar-refractivity contribution in [1.82, 2.24) is 9.97 Å². The number of furan rings is 1. The first-order valence-corrected chi connectivity index (χ1v) is 13.8. The molecule has 0 aliphatic carbocycles. The summed E-state index contributed by atoms with van der Waals surface area (Å²) >= 11 is 0. The van der Waals surface area contributed by atoms with Gasteiger partial charge in [-0.15, -0.1) is 0 Å². The summed E-state index contributed by atoms with van der Waals surface area (Å²) in [5.74, 6) is 0.706. The molecule has 8 rings (SSSR count). The van der Waals surface area contributed by atoms with Gasteiger partial charge in [0, 0.05) is 27.5 Å². The van der Waals surface area contributed by atoms with E-state index in [0.29, 0.717) is 5.82 Å². The van der Waals surface area contributed by atoms with Crippen molar-refractivity contribution in [3.05, 3.63) is 146 Å². The van der Waals surface area contributed by atoms with Crippen LogP contribution in [-0.4, -0.2) is 9.97 Å². The third-order valence-electron chi connectivity index (χ3n) is 7.69. The second kappa shape index (κ2) is 9.58. The zero-order chi connectivity index (χ0) is 27.2. The molecular weight excluding hydrogens is 500 g/mol. The topological polar surface area (TPSA) is 38.9 Å². The fourth-order valence-corrected chi connectivity index (χ4v) is 5.72. The highest BCUT2D eigenvalue weighted by molar-refractivity contribution is 6.22. The minimum absolute atomic E-state index is 0.706. The fraction of sp³-hybridized carbons (Fsp3) is 0. The molecule has 2 heterocycles. The van der Waals surface area contributed by atoms with E-state index in [1.54, 1.807) is 0 Å². The summed E-state index contributed by atoms with van der Waals surface area (Å²) in [6.45, 7) is 0. The molecule has 3 heteroatoms. The highest BCUT2D eigenvalue weighted by atomic mass is 16.3. The van der Waals surface area contributed by atoms with Gasteiger partial charge in [-0.1, -0.05) is 115 Å². The van der Waals surface area contributed by atoms with Crippen LogP contribution in [0.3, 0.4) is 0 Å². The molecule has 0 spiro atoms. The first kappa shape index (κ1) is 23.4. The van der Waals surface area contributed by atoms with Gasteiger partial charge in [-0.2, -0.15) is 0 Å². The second-order valence-corrected chi connectivity index (χ2v) is 10.2. The lowest BCUT2D eigenvalue weighted by Gasteiger charge is -2.10. The fourth-order valence-electron chi connectivity index (χ4n) is 5.72. The first-order chi connectivity index (χ1) is 20.3. The summed E-state index contributed by atoms with van der Waals surface area (Å²) < 4.78 is 6.47. The van der Waals surface area contributed by atoms with E-state index >= 15 is 0 Å². The van der Waals surface area contributed by atoms with Gasteiger partial charge in [0.2, 0.25) is 0 Å². The predicted octanol–water partition coefficient (Wildman–Crippen LogP) is 10.2. The molecule has 41 heavy (non-hydrogen) atoms. The lowest BCUT2D eigenvalue weighted by Crippen LogP contribution is -1.95. The van der Waals surface area contributed by atoms with Gasteiger partial charge >= 0.3 is 0 Å². The lowest BCUT2D eigenvalue weighted by atomic mass is 9.94. The molecule has 0 aliphatic heterocycles. The largest absolute Gasteiger partial charge is 0.456 e. The van der Waals surface area contributed by atoms with Crippen LogP contribution in [-0.2, 0) is 0 Å². The molecule has 192 valence electrons. The van der Waals surface area contributed by atoms with Gasteiger partial charge in [-0.25, -0.2) is 9.97 Å². The van der Waals surface area contributed by atoms with Crippen molar-refractivity contribution in [3.63, 3.8) is 0 Å². The molecule has 2 aromatic heterocycles. The van der Waals surface area contributed by atoms with Crippen molar-refractivity contribution < 1.29 is 4.42 Å². The maximum absolute atomic E-state index is 6.47. The number of benzene rings is 6. The smallest absolute Gasteiger partial charge is 0.160 e. The van der Waals surface area contributed by atoms with E-state index in [1.165, 1.54) is 21.9 Å². The standard InChI is InChI=1S/C38H24N2O/c1-4-12-25(13-5-1)31-23-36-37(30-19-11-10-18-29(30)31)32-22-28(20-21-35(32)41-36)34-24-33(26-14-6-2-7-15-26)39-38(40-34)27-16-8-3-9-17-27/h1-24H. The van der Waals surface area contributed by atoms with Crippen molar-refractivity contribution >= 4 is 32.7 Å². The molecule has 0 atom stereocenters. The Balaban J connectivity index is 1.36.